The standard InChI is InChI=1S/C17H12F3N5O2/c18-17(19,20)16-22-15(24-27-16)11-5-7-25(14(26)8-11)6-4-10-2-1-3-13-12(10)9-21-23-13/h1-3,5,7-9H,4,6H2,(H,21,23). The number of nitrogens with one attached hydrogen (secondary N) is 1. The number of aromatic nitrogens is 5. The molecule has 0 radical (unpaired) electrons. The fourth-order valence-electron chi connectivity index (χ4n) is 2.78. The Labute approximate surface area is 149 Å². The van der Waals surface area contributed by atoms with Crippen molar-refractivity contribution in [2.24, 2.45) is 0 Å². The van der Waals surface area contributed by atoms with Crippen molar-refractivity contribution in [2.45, 2.75) is 19.1 Å². The number of benzene rings is 1. The number of halogens is 3. The number of H-pyrrole nitrogens is 1. The van der Waals surface area contributed by atoms with Gasteiger partial charge in [-0.3, -0.25) is 9.89 Å². The number of hydrogen-bond acceptors (Lipinski definition) is 5. The van der Waals surface area contributed by atoms with Crippen molar-refractivity contribution in [3.8, 4) is 11.4 Å². The summed E-state index contributed by atoms with van der Waals surface area (Å²) in [5.41, 5.74) is 1.73. The molecule has 138 valence electrons. The number of alkyl halides is 3. The van der Waals surface area contributed by atoms with E-state index in [2.05, 4.69) is 24.9 Å². The van der Waals surface area contributed by atoms with Crippen LogP contribution in [-0.4, -0.2) is 24.9 Å². The first-order chi connectivity index (χ1) is 12.9. The molecule has 0 fully saturated rings. The molecule has 0 saturated heterocycles. The lowest BCUT2D eigenvalue weighted by molar-refractivity contribution is -0.159. The number of aryl methyl sites for hydroxylation is 2. The van der Waals surface area contributed by atoms with Crippen LogP contribution >= 0.6 is 0 Å². The molecule has 0 aliphatic rings. The summed E-state index contributed by atoms with van der Waals surface area (Å²) in [7, 11) is 0. The second-order valence-electron chi connectivity index (χ2n) is 5.87. The second kappa shape index (κ2) is 6.38. The minimum atomic E-state index is -4.73. The molecule has 0 spiro atoms. The van der Waals surface area contributed by atoms with Crippen LogP contribution in [-0.2, 0) is 19.1 Å². The van der Waals surface area contributed by atoms with E-state index in [0.29, 0.717) is 13.0 Å². The van der Waals surface area contributed by atoms with Crippen molar-refractivity contribution in [2.75, 3.05) is 0 Å². The minimum absolute atomic E-state index is 0.160. The summed E-state index contributed by atoms with van der Waals surface area (Å²) in [5, 5.41) is 11.1. The molecule has 0 bridgehead atoms. The van der Waals surface area contributed by atoms with Gasteiger partial charge in [-0.25, -0.2) is 0 Å². The fourth-order valence-corrected chi connectivity index (χ4v) is 2.78. The quantitative estimate of drug-likeness (QED) is 0.592. The largest absolute Gasteiger partial charge is 0.471 e. The van der Waals surface area contributed by atoms with Crippen molar-refractivity contribution >= 4 is 10.9 Å². The van der Waals surface area contributed by atoms with E-state index in [4.69, 9.17) is 0 Å². The smallest absolute Gasteiger partial charge is 0.329 e. The van der Waals surface area contributed by atoms with Crippen LogP contribution in [0.4, 0.5) is 13.2 Å². The van der Waals surface area contributed by atoms with Crippen LogP contribution in [0.1, 0.15) is 11.5 Å². The first kappa shape index (κ1) is 17.0. The van der Waals surface area contributed by atoms with Gasteiger partial charge in [0.1, 0.15) is 0 Å². The number of fused-ring (bicyclic) bond motifs is 1. The molecule has 0 amide bonds. The molecule has 0 saturated carbocycles. The van der Waals surface area contributed by atoms with Crippen LogP contribution in [0.25, 0.3) is 22.3 Å². The highest BCUT2D eigenvalue weighted by molar-refractivity contribution is 5.81. The highest BCUT2D eigenvalue weighted by Crippen LogP contribution is 2.29. The van der Waals surface area contributed by atoms with Crippen LogP contribution in [0, 0.1) is 0 Å². The Morgan fingerprint density at radius 1 is 1.22 bits per heavy atom. The summed E-state index contributed by atoms with van der Waals surface area (Å²) in [4.78, 5) is 15.6. The molecule has 27 heavy (non-hydrogen) atoms. The van der Waals surface area contributed by atoms with Crippen LogP contribution in [0.15, 0.2) is 52.0 Å². The summed E-state index contributed by atoms with van der Waals surface area (Å²) >= 11 is 0. The summed E-state index contributed by atoms with van der Waals surface area (Å²) < 4.78 is 43.3. The molecule has 0 unspecified atom stereocenters. The lowest BCUT2D eigenvalue weighted by atomic mass is 10.1. The SMILES string of the molecule is O=c1cc(-c2noc(C(F)(F)F)n2)ccn1CCc1cccc2[nH]ncc12. The van der Waals surface area contributed by atoms with E-state index in [-0.39, 0.29) is 16.9 Å². The van der Waals surface area contributed by atoms with E-state index in [1.807, 2.05) is 18.2 Å². The zero-order valence-electron chi connectivity index (χ0n) is 13.7. The van der Waals surface area contributed by atoms with Crippen LogP contribution in [0.3, 0.4) is 0 Å². The normalized spacial score (nSPS) is 12.0. The topological polar surface area (TPSA) is 89.6 Å². The van der Waals surface area contributed by atoms with Crippen LogP contribution in [0.2, 0.25) is 0 Å². The second-order valence-corrected chi connectivity index (χ2v) is 5.87. The molecule has 0 aliphatic carbocycles. The first-order valence-electron chi connectivity index (χ1n) is 7.94. The zero-order chi connectivity index (χ0) is 19.0. The molecule has 3 aromatic heterocycles. The summed E-state index contributed by atoms with van der Waals surface area (Å²) in [6, 6.07) is 8.42. The number of rotatable bonds is 4. The van der Waals surface area contributed by atoms with Crippen molar-refractivity contribution in [3.63, 3.8) is 0 Å². The highest BCUT2D eigenvalue weighted by atomic mass is 19.4. The van der Waals surface area contributed by atoms with Crippen LogP contribution in [0.5, 0.6) is 0 Å². The van der Waals surface area contributed by atoms with Gasteiger partial charge in [-0.05, 0) is 24.1 Å². The molecule has 4 rings (SSSR count). The average Bonchev–Trinajstić information content (AvgIpc) is 3.29. The van der Waals surface area contributed by atoms with Crippen molar-refractivity contribution in [1.82, 2.24) is 24.9 Å². The molecule has 3 heterocycles. The molecular formula is C17H12F3N5O2. The maximum atomic E-state index is 12.5. The first-order valence-corrected chi connectivity index (χ1v) is 7.94. The maximum Gasteiger partial charge on any atom is 0.471 e. The van der Waals surface area contributed by atoms with Crippen molar-refractivity contribution in [3.05, 3.63) is 64.5 Å². The Morgan fingerprint density at radius 3 is 2.81 bits per heavy atom. The molecule has 1 aromatic carbocycles. The molecular weight excluding hydrogens is 363 g/mol. The van der Waals surface area contributed by atoms with Gasteiger partial charge in [-0.1, -0.05) is 17.3 Å². The summed E-state index contributed by atoms with van der Waals surface area (Å²) in [5.74, 6) is -1.73. The van der Waals surface area contributed by atoms with E-state index in [1.165, 1.54) is 22.9 Å². The van der Waals surface area contributed by atoms with E-state index in [0.717, 1.165) is 16.5 Å². The number of pyridine rings is 1. The lowest BCUT2D eigenvalue weighted by Gasteiger charge is -2.07. The Kier molecular flexibility index (Phi) is 4.02. The average molecular weight is 375 g/mol. The third-order valence-electron chi connectivity index (χ3n) is 4.12. The monoisotopic (exact) mass is 375 g/mol. The van der Waals surface area contributed by atoms with Gasteiger partial charge in [0.15, 0.2) is 0 Å². The molecule has 4 aromatic rings. The molecule has 0 aliphatic heterocycles. The van der Waals surface area contributed by atoms with Crippen molar-refractivity contribution in [1.29, 1.82) is 0 Å². The van der Waals surface area contributed by atoms with Gasteiger partial charge in [0.25, 0.3) is 5.56 Å². The van der Waals surface area contributed by atoms with Gasteiger partial charge in [0.2, 0.25) is 5.82 Å². The van der Waals surface area contributed by atoms with Gasteiger partial charge < -0.3 is 9.09 Å². The molecule has 1 N–H and O–H groups in total. The molecule has 10 heteroatoms. The minimum Gasteiger partial charge on any atom is -0.329 e. The van der Waals surface area contributed by atoms with E-state index < -0.39 is 12.1 Å². The van der Waals surface area contributed by atoms with E-state index in [9.17, 15) is 18.0 Å². The predicted molar refractivity (Wildman–Crippen MR) is 88.8 cm³/mol. The molecule has 7 nitrogen and oxygen atoms in total. The zero-order valence-corrected chi connectivity index (χ0v) is 13.7. The fraction of sp³-hybridized carbons (Fsp3) is 0.176. The van der Waals surface area contributed by atoms with E-state index >= 15 is 0 Å². The van der Waals surface area contributed by atoms with Crippen LogP contribution < -0.4 is 5.56 Å². The number of hydrogen-bond donors (Lipinski definition) is 1. The summed E-state index contributed by atoms with van der Waals surface area (Å²) in [6.45, 7) is 0.406. The third kappa shape index (κ3) is 3.33. The van der Waals surface area contributed by atoms with Gasteiger partial charge in [0, 0.05) is 29.8 Å². The van der Waals surface area contributed by atoms with Crippen molar-refractivity contribution < 1.29 is 17.7 Å². The third-order valence-corrected chi connectivity index (χ3v) is 4.12. The van der Waals surface area contributed by atoms with Gasteiger partial charge in [0.05, 0.1) is 11.7 Å². The maximum absolute atomic E-state index is 12.5. The Morgan fingerprint density at radius 2 is 2.07 bits per heavy atom. The number of aromatic amines is 1. The highest BCUT2D eigenvalue weighted by Gasteiger charge is 2.38. The Hall–Kier alpha value is -3.43. The van der Waals surface area contributed by atoms with E-state index in [1.54, 1.807) is 6.20 Å². The summed E-state index contributed by atoms with van der Waals surface area (Å²) in [6.07, 6.45) is -0.910. The Balaban J connectivity index is 1.55. The van der Waals surface area contributed by atoms with Gasteiger partial charge >= 0.3 is 12.1 Å². The molecule has 0 atom stereocenters. The van der Waals surface area contributed by atoms with Gasteiger partial charge in [-0.15, -0.1) is 0 Å². The van der Waals surface area contributed by atoms with Gasteiger partial charge in [-0.2, -0.15) is 23.3 Å². The number of nitrogens with zero attached hydrogens (tertiary/aromatic N) is 4. The predicted octanol–water partition coefficient (Wildman–Crippen LogP) is 3.04. The lowest BCUT2D eigenvalue weighted by Crippen LogP contribution is -2.19. The Bertz CT molecular complexity index is 1160.